The molecular weight excluding hydrogens is 322 g/mol. The molecule has 1 aromatic heterocycles. The summed E-state index contributed by atoms with van der Waals surface area (Å²) in [6.07, 6.45) is 8.14. The van der Waals surface area contributed by atoms with E-state index in [4.69, 9.17) is 9.47 Å². The molecule has 0 bridgehead atoms. The zero-order valence-electron chi connectivity index (χ0n) is 14.9. The van der Waals surface area contributed by atoms with Crippen LogP contribution in [0.3, 0.4) is 0 Å². The van der Waals surface area contributed by atoms with Crippen molar-refractivity contribution in [1.29, 1.82) is 0 Å². The minimum atomic E-state index is 0.331. The van der Waals surface area contributed by atoms with Crippen LogP contribution in [0, 0.1) is 0 Å². The number of hydrogen-bond acceptors (Lipinski definition) is 6. The second-order valence-corrected chi connectivity index (χ2v) is 6.53. The third-order valence-corrected chi connectivity index (χ3v) is 4.84. The summed E-state index contributed by atoms with van der Waals surface area (Å²) in [4.78, 5) is 11.8. The highest BCUT2D eigenvalue weighted by Crippen LogP contribution is 2.35. The van der Waals surface area contributed by atoms with Crippen LogP contribution in [0.1, 0.15) is 18.2 Å². The van der Waals surface area contributed by atoms with Gasteiger partial charge in [0.15, 0.2) is 0 Å². The average molecular weight is 347 g/mol. The van der Waals surface area contributed by atoms with Crippen molar-refractivity contribution < 1.29 is 9.47 Å². The van der Waals surface area contributed by atoms with Gasteiger partial charge in [-0.15, -0.1) is 11.8 Å². The second-order valence-electron chi connectivity index (χ2n) is 5.68. The van der Waals surface area contributed by atoms with E-state index >= 15 is 0 Å². The van der Waals surface area contributed by atoms with Crippen LogP contribution in [0.25, 0.3) is 0 Å². The number of likely N-dealkylation sites (N-methyl/N-ethyl adjacent to an activating group) is 1. The Morgan fingerprint density at radius 1 is 1.17 bits per heavy atom. The van der Waals surface area contributed by atoms with Gasteiger partial charge in [0.1, 0.15) is 11.5 Å². The van der Waals surface area contributed by atoms with Gasteiger partial charge in [-0.2, -0.15) is 0 Å². The van der Waals surface area contributed by atoms with Crippen molar-refractivity contribution in [2.45, 2.75) is 30.8 Å². The summed E-state index contributed by atoms with van der Waals surface area (Å²) in [5.74, 6) is 1.77. The van der Waals surface area contributed by atoms with E-state index in [-0.39, 0.29) is 0 Å². The number of thioether (sulfide) groups is 1. The summed E-state index contributed by atoms with van der Waals surface area (Å²) >= 11 is 1.65. The molecule has 2 rings (SSSR count). The smallest absolute Gasteiger partial charge is 0.132 e. The zero-order valence-corrected chi connectivity index (χ0v) is 15.8. The van der Waals surface area contributed by atoms with Crippen LogP contribution in [-0.4, -0.2) is 48.4 Å². The average Bonchev–Trinajstić information content (AvgIpc) is 2.61. The lowest BCUT2D eigenvalue weighted by Gasteiger charge is -2.25. The van der Waals surface area contributed by atoms with E-state index in [9.17, 15) is 0 Å². The van der Waals surface area contributed by atoms with Crippen molar-refractivity contribution in [1.82, 2.24) is 14.9 Å². The first-order chi connectivity index (χ1) is 11.6. The van der Waals surface area contributed by atoms with Crippen LogP contribution in [0.2, 0.25) is 0 Å². The van der Waals surface area contributed by atoms with Gasteiger partial charge in [0, 0.05) is 43.2 Å². The predicted molar refractivity (Wildman–Crippen MR) is 98.0 cm³/mol. The van der Waals surface area contributed by atoms with Crippen molar-refractivity contribution in [3.05, 3.63) is 42.0 Å². The van der Waals surface area contributed by atoms with Crippen molar-refractivity contribution >= 4 is 11.8 Å². The van der Waals surface area contributed by atoms with Gasteiger partial charge in [-0.05, 0) is 32.4 Å². The van der Waals surface area contributed by atoms with Crippen molar-refractivity contribution in [2.24, 2.45) is 0 Å². The monoisotopic (exact) mass is 347 g/mol. The van der Waals surface area contributed by atoms with E-state index < -0.39 is 0 Å². The first-order valence-electron chi connectivity index (χ1n) is 7.83. The van der Waals surface area contributed by atoms with E-state index in [1.54, 1.807) is 38.4 Å². The number of rotatable bonds is 8. The second kappa shape index (κ2) is 8.89. The van der Waals surface area contributed by atoms with E-state index in [2.05, 4.69) is 34.9 Å². The lowest BCUT2D eigenvalue weighted by Crippen LogP contribution is -2.30. The van der Waals surface area contributed by atoms with E-state index in [1.807, 2.05) is 18.5 Å². The largest absolute Gasteiger partial charge is 0.496 e. The standard InChI is InChI=1S/C18H25N3O2S/c1-13(8-15-11-19-6-7-20-15)21(2)12-14-9-17(23-4)18(24-5)10-16(14)22-3/h6-7,9-11,13H,8,12H2,1-5H3/t13-/m0/s1. The van der Waals surface area contributed by atoms with Crippen LogP contribution < -0.4 is 9.47 Å². The number of nitrogens with zero attached hydrogens (tertiary/aromatic N) is 3. The van der Waals surface area contributed by atoms with E-state index in [0.29, 0.717) is 6.04 Å². The molecule has 0 aliphatic heterocycles. The topological polar surface area (TPSA) is 47.5 Å². The molecule has 24 heavy (non-hydrogen) atoms. The first kappa shape index (κ1) is 18.5. The fourth-order valence-electron chi connectivity index (χ4n) is 2.53. The summed E-state index contributed by atoms with van der Waals surface area (Å²) in [6, 6.07) is 4.44. The molecule has 5 nitrogen and oxygen atoms in total. The molecule has 130 valence electrons. The number of aromatic nitrogens is 2. The molecule has 0 unspecified atom stereocenters. The van der Waals surface area contributed by atoms with Gasteiger partial charge >= 0.3 is 0 Å². The molecule has 0 saturated heterocycles. The Balaban J connectivity index is 2.13. The maximum Gasteiger partial charge on any atom is 0.132 e. The lowest BCUT2D eigenvalue weighted by molar-refractivity contribution is 0.242. The SMILES string of the molecule is COc1cc(SC)c(OC)cc1CN(C)[C@@H](C)Cc1cnccn1. The molecule has 6 heteroatoms. The first-order valence-corrected chi connectivity index (χ1v) is 9.05. The molecule has 0 spiro atoms. The highest BCUT2D eigenvalue weighted by molar-refractivity contribution is 7.98. The highest BCUT2D eigenvalue weighted by Gasteiger charge is 2.16. The molecule has 1 aromatic carbocycles. The van der Waals surface area contributed by atoms with Gasteiger partial charge < -0.3 is 9.47 Å². The highest BCUT2D eigenvalue weighted by atomic mass is 32.2. The third-order valence-electron chi connectivity index (χ3n) is 4.08. The summed E-state index contributed by atoms with van der Waals surface area (Å²) in [5, 5.41) is 0. The van der Waals surface area contributed by atoms with E-state index in [0.717, 1.165) is 40.6 Å². The summed E-state index contributed by atoms with van der Waals surface area (Å²) in [5.41, 5.74) is 2.11. The van der Waals surface area contributed by atoms with Gasteiger partial charge in [0.25, 0.3) is 0 Å². The number of hydrogen-bond donors (Lipinski definition) is 0. The number of ether oxygens (including phenoxy) is 2. The summed E-state index contributed by atoms with van der Waals surface area (Å²) in [7, 11) is 5.51. The molecule has 0 fully saturated rings. The Morgan fingerprint density at radius 3 is 2.50 bits per heavy atom. The normalized spacial score (nSPS) is 12.2. The van der Waals surface area contributed by atoms with Crippen LogP contribution in [0.4, 0.5) is 0 Å². The molecule has 1 heterocycles. The van der Waals surface area contributed by atoms with Crippen molar-refractivity contribution in [3.63, 3.8) is 0 Å². The predicted octanol–water partition coefficient (Wildman–Crippen LogP) is 3.28. The van der Waals surface area contributed by atoms with Crippen LogP contribution in [-0.2, 0) is 13.0 Å². The maximum atomic E-state index is 5.57. The number of benzene rings is 1. The molecule has 2 aromatic rings. The van der Waals surface area contributed by atoms with Gasteiger partial charge in [0.2, 0.25) is 0 Å². The Bertz CT molecular complexity index is 652. The molecule has 0 N–H and O–H groups in total. The van der Waals surface area contributed by atoms with Crippen LogP contribution in [0.5, 0.6) is 11.5 Å². The molecule has 0 amide bonds. The Kier molecular flexibility index (Phi) is 6.87. The zero-order chi connectivity index (χ0) is 17.5. The Labute approximate surface area is 148 Å². The van der Waals surface area contributed by atoms with Crippen molar-refractivity contribution in [3.8, 4) is 11.5 Å². The molecule has 0 radical (unpaired) electrons. The maximum absolute atomic E-state index is 5.57. The van der Waals surface area contributed by atoms with Gasteiger partial charge in [-0.3, -0.25) is 14.9 Å². The quantitative estimate of drug-likeness (QED) is 0.683. The van der Waals surface area contributed by atoms with Gasteiger partial charge in [-0.1, -0.05) is 0 Å². The van der Waals surface area contributed by atoms with Gasteiger partial charge in [-0.25, -0.2) is 0 Å². The van der Waals surface area contributed by atoms with Crippen LogP contribution in [0.15, 0.2) is 35.6 Å². The molecule has 1 atom stereocenters. The van der Waals surface area contributed by atoms with Crippen LogP contribution >= 0.6 is 11.8 Å². The molecule has 0 saturated carbocycles. The summed E-state index contributed by atoms with van der Waals surface area (Å²) < 4.78 is 11.1. The third kappa shape index (κ3) is 4.61. The minimum absolute atomic E-state index is 0.331. The Morgan fingerprint density at radius 2 is 1.92 bits per heavy atom. The summed E-state index contributed by atoms with van der Waals surface area (Å²) in [6.45, 7) is 2.96. The molecule has 0 aliphatic rings. The van der Waals surface area contributed by atoms with Crippen molar-refractivity contribution in [2.75, 3.05) is 27.5 Å². The molecule has 0 aliphatic carbocycles. The lowest BCUT2D eigenvalue weighted by atomic mass is 10.1. The number of methoxy groups -OCH3 is 2. The Hall–Kier alpha value is -1.79. The van der Waals surface area contributed by atoms with E-state index in [1.165, 1.54) is 0 Å². The molecular formula is C18H25N3O2S. The van der Waals surface area contributed by atoms with Gasteiger partial charge in [0.05, 0.1) is 24.8 Å². The minimum Gasteiger partial charge on any atom is -0.496 e. The fourth-order valence-corrected chi connectivity index (χ4v) is 3.10. The fraction of sp³-hybridized carbons (Fsp3) is 0.444.